The number of rotatable bonds is 6. The minimum atomic E-state index is -2.62. The highest BCUT2D eigenvalue weighted by molar-refractivity contribution is 5.99. The van der Waals surface area contributed by atoms with E-state index in [1.807, 2.05) is 7.05 Å². The maximum atomic E-state index is 11.6. The number of carbonyl (C=O) groups is 2. The van der Waals surface area contributed by atoms with Crippen LogP contribution in [0.5, 0.6) is 0 Å². The number of alkyl halides is 2. The minimum absolute atomic E-state index is 0.161. The smallest absolute Gasteiger partial charge is 0.345 e. The molecular formula is C17H25F2N5O3. The van der Waals surface area contributed by atoms with E-state index >= 15 is 0 Å². The normalized spacial score (nSPS) is 15.6. The molecule has 1 aromatic heterocycles. The van der Waals surface area contributed by atoms with Crippen LogP contribution in [0.15, 0.2) is 12.7 Å². The Hall–Kier alpha value is -2.77. The Labute approximate surface area is 157 Å². The van der Waals surface area contributed by atoms with Crippen LogP contribution in [0.2, 0.25) is 0 Å². The molecule has 1 saturated heterocycles. The summed E-state index contributed by atoms with van der Waals surface area (Å²) in [7, 11) is 3.56. The summed E-state index contributed by atoms with van der Waals surface area (Å²) in [6, 6.07) is 0.198. The number of hydrogen-bond acceptors (Lipinski definition) is 6. The van der Waals surface area contributed by atoms with E-state index in [4.69, 9.17) is 17.0 Å². The molecule has 0 saturated carbocycles. The molecule has 27 heavy (non-hydrogen) atoms. The number of allylic oxidation sites excluding steroid dienone is 1. The van der Waals surface area contributed by atoms with E-state index in [2.05, 4.69) is 37.7 Å². The largest absolute Gasteiger partial charge is 0.371 e. The number of likely N-dealkylation sites (tertiary alicyclic amines) is 1. The third-order valence-electron chi connectivity index (χ3n) is 3.58. The van der Waals surface area contributed by atoms with E-state index in [9.17, 15) is 13.6 Å². The Morgan fingerprint density at radius 3 is 2.67 bits per heavy atom. The van der Waals surface area contributed by atoms with Gasteiger partial charge in [0.1, 0.15) is 17.5 Å². The molecule has 1 unspecified atom stereocenters. The Kier molecular flexibility index (Phi) is 12.1. The second kappa shape index (κ2) is 13.4. The van der Waals surface area contributed by atoms with Gasteiger partial charge >= 0.3 is 6.61 Å². The SMILES string of the molecule is C#Cc1[nH]nc(NC)c1C(N)=O.C=CC=O.CN1CCCC1COC(F)F. The molecule has 1 atom stereocenters. The predicted octanol–water partition coefficient (Wildman–Crippen LogP) is 1.22. The lowest BCUT2D eigenvalue weighted by Crippen LogP contribution is -2.30. The monoisotopic (exact) mass is 385 g/mol. The lowest BCUT2D eigenvalue weighted by molar-refractivity contribution is -0.138. The first-order chi connectivity index (χ1) is 12.8. The maximum absolute atomic E-state index is 11.6. The first-order valence-electron chi connectivity index (χ1n) is 8.00. The summed E-state index contributed by atoms with van der Waals surface area (Å²) >= 11 is 0. The summed E-state index contributed by atoms with van der Waals surface area (Å²) in [5.74, 6) is 2.05. The van der Waals surface area contributed by atoms with E-state index in [0.717, 1.165) is 19.4 Å². The molecule has 0 aliphatic carbocycles. The van der Waals surface area contributed by atoms with Crippen molar-refractivity contribution in [3.8, 4) is 12.3 Å². The van der Waals surface area contributed by atoms with Crippen molar-refractivity contribution in [2.75, 3.05) is 32.6 Å². The summed E-state index contributed by atoms with van der Waals surface area (Å²) in [4.78, 5) is 22.0. The van der Waals surface area contributed by atoms with Gasteiger partial charge in [-0.05, 0) is 38.4 Å². The van der Waals surface area contributed by atoms with Crippen molar-refractivity contribution < 1.29 is 23.1 Å². The highest BCUT2D eigenvalue weighted by Gasteiger charge is 2.21. The van der Waals surface area contributed by atoms with Crippen LogP contribution in [0.4, 0.5) is 14.6 Å². The molecule has 1 aromatic rings. The first-order valence-corrected chi connectivity index (χ1v) is 8.00. The van der Waals surface area contributed by atoms with Crippen molar-refractivity contribution in [2.45, 2.75) is 25.5 Å². The number of nitrogens with two attached hydrogens (primary N) is 1. The molecule has 2 rings (SSSR count). The molecule has 0 bridgehead atoms. The molecule has 1 aliphatic heterocycles. The molecule has 1 amide bonds. The molecule has 1 aliphatic rings. The predicted molar refractivity (Wildman–Crippen MR) is 98.5 cm³/mol. The number of terminal acetylenes is 1. The molecule has 2 heterocycles. The topological polar surface area (TPSA) is 113 Å². The minimum Gasteiger partial charge on any atom is -0.371 e. The van der Waals surface area contributed by atoms with E-state index in [0.29, 0.717) is 17.8 Å². The number of nitrogens with zero attached hydrogens (tertiary/aromatic N) is 2. The fourth-order valence-electron chi connectivity index (χ4n) is 2.24. The number of amides is 1. The van der Waals surface area contributed by atoms with Crippen LogP contribution in [0, 0.1) is 12.3 Å². The van der Waals surface area contributed by atoms with Gasteiger partial charge in [-0.15, -0.1) is 6.42 Å². The lowest BCUT2D eigenvalue weighted by atomic mass is 10.2. The van der Waals surface area contributed by atoms with Gasteiger partial charge in [-0.1, -0.05) is 6.58 Å². The molecule has 4 N–H and O–H groups in total. The van der Waals surface area contributed by atoms with Gasteiger partial charge in [0.05, 0.1) is 6.61 Å². The van der Waals surface area contributed by atoms with Gasteiger partial charge < -0.3 is 20.7 Å². The summed E-state index contributed by atoms with van der Waals surface area (Å²) in [6.07, 6.45) is 9.00. The highest BCUT2D eigenvalue weighted by atomic mass is 19.3. The number of aromatic amines is 1. The van der Waals surface area contributed by atoms with Gasteiger partial charge in [-0.2, -0.15) is 13.9 Å². The van der Waals surface area contributed by atoms with Gasteiger partial charge in [-0.25, -0.2) is 0 Å². The number of carbonyl (C=O) groups excluding carboxylic acids is 2. The third kappa shape index (κ3) is 8.94. The quantitative estimate of drug-likeness (QED) is 0.386. The molecule has 0 aromatic carbocycles. The van der Waals surface area contributed by atoms with Crippen molar-refractivity contribution >= 4 is 18.0 Å². The molecule has 0 radical (unpaired) electrons. The zero-order valence-corrected chi connectivity index (χ0v) is 15.4. The van der Waals surface area contributed by atoms with Crippen LogP contribution in [0.1, 0.15) is 28.9 Å². The molecule has 150 valence electrons. The zero-order valence-electron chi connectivity index (χ0n) is 15.4. The fourth-order valence-corrected chi connectivity index (χ4v) is 2.24. The van der Waals surface area contributed by atoms with Crippen LogP contribution >= 0.6 is 0 Å². The van der Waals surface area contributed by atoms with Crippen molar-refractivity contribution in [3.05, 3.63) is 23.9 Å². The first kappa shape index (κ1) is 24.2. The molecule has 1 fully saturated rings. The average molecular weight is 385 g/mol. The number of halogens is 2. The van der Waals surface area contributed by atoms with E-state index in [1.54, 1.807) is 7.05 Å². The number of H-pyrrole nitrogens is 1. The maximum Gasteiger partial charge on any atom is 0.345 e. The Balaban J connectivity index is 0.000000421. The Morgan fingerprint density at radius 1 is 1.67 bits per heavy atom. The van der Waals surface area contributed by atoms with E-state index in [1.165, 1.54) is 6.08 Å². The summed E-state index contributed by atoms with van der Waals surface area (Å²) in [5.41, 5.74) is 5.60. The van der Waals surface area contributed by atoms with Gasteiger partial charge in [0, 0.05) is 13.1 Å². The molecule has 10 heteroatoms. The fraction of sp³-hybridized carbons (Fsp3) is 0.471. The van der Waals surface area contributed by atoms with Crippen LogP contribution in [-0.2, 0) is 9.53 Å². The molecular weight excluding hydrogens is 360 g/mol. The average Bonchev–Trinajstić information content (AvgIpc) is 3.26. The highest BCUT2D eigenvalue weighted by Crippen LogP contribution is 2.15. The van der Waals surface area contributed by atoms with Crippen LogP contribution in [0.25, 0.3) is 0 Å². The zero-order chi connectivity index (χ0) is 20.8. The van der Waals surface area contributed by atoms with Crippen LogP contribution < -0.4 is 11.1 Å². The van der Waals surface area contributed by atoms with Gasteiger partial charge in [0.25, 0.3) is 5.91 Å². The number of aromatic nitrogens is 2. The summed E-state index contributed by atoms with van der Waals surface area (Å²) in [6.45, 7) is 1.65. The van der Waals surface area contributed by atoms with Gasteiger partial charge in [0.15, 0.2) is 5.82 Å². The number of nitrogens with one attached hydrogen (secondary N) is 2. The lowest BCUT2D eigenvalue weighted by Gasteiger charge is -2.18. The third-order valence-corrected chi connectivity index (χ3v) is 3.58. The summed E-state index contributed by atoms with van der Waals surface area (Å²) < 4.78 is 27.4. The summed E-state index contributed by atoms with van der Waals surface area (Å²) in [5, 5.41) is 8.95. The number of ether oxygens (including phenoxy) is 1. The van der Waals surface area contributed by atoms with E-state index in [-0.39, 0.29) is 18.2 Å². The van der Waals surface area contributed by atoms with Crippen molar-refractivity contribution in [2.24, 2.45) is 5.73 Å². The van der Waals surface area contributed by atoms with Crippen molar-refractivity contribution in [1.82, 2.24) is 15.1 Å². The van der Waals surface area contributed by atoms with Crippen molar-refractivity contribution in [3.63, 3.8) is 0 Å². The Bertz CT molecular complexity index is 637. The second-order valence-corrected chi connectivity index (χ2v) is 5.32. The van der Waals surface area contributed by atoms with Gasteiger partial charge in [-0.3, -0.25) is 14.7 Å². The number of hydrogen-bond donors (Lipinski definition) is 3. The van der Waals surface area contributed by atoms with Crippen LogP contribution in [0.3, 0.4) is 0 Å². The Morgan fingerprint density at radius 2 is 2.30 bits per heavy atom. The van der Waals surface area contributed by atoms with Crippen molar-refractivity contribution in [1.29, 1.82) is 0 Å². The van der Waals surface area contributed by atoms with Gasteiger partial charge in [0.2, 0.25) is 0 Å². The second-order valence-electron chi connectivity index (χ2n) is 5.32. The number of aldehydes is 1. The molecule has 0 spiro atoms. The number of anilines is 1. The number of primary amides is 1. The number of likely N-dealkylation sites (N-methyl/N-ethyl adjacent to an activating group) is 1. The standard InChI is InChI=1S/C7H13F2NO.C7H8N4O.C3H4O/c1-10-4-2-3-6(10)5-11-7(8)9;1-3-4-5(6(8)12)7(9-2)11-10-4;1-2-3-4/h6-7H,2-5H2,1H3;1H,2H3,(H2,8,12)(H2,9,10,11);2-3H,1H2. The molecule has 8 nitrogen and oxygen atoms in total. The van der Waals surface area contributed by atoms with Crippen LogP contribution in [-0.4, -0.2) is 67.2 Å². The van der Waals surface area contributed by atoms with E-state index < -0.39 is 12.5 Å².